The number of alkyl halides is 3. The van der Waals surface area contributed by atoms with Crippen LogP contribution in [0.3, 0.4) is 0 Å². The summed E-state index contributed by atoms with van der Waals surface area (Å²) in [4.78, 5) is 14.3. The van der Waals surface area contributed by atoms with Crippen LogP contribution in [0, 0.1) is 0 Å². The molecule has 0 amide bonds. The van der Waals surface area contributed by atoms with Crippen molar-refractivity contribution in [2.24, 2.45) is 0 Å². The lowest BCUT2D eigenvalue weighted by Gasteiger charge is -2.12. The van der Waals surface area contributed by atoms with Crippen molar-refractivity contribution >= 4 is 40.8 Å². The smallest absolute Gasteiger partial charge is 0.434 e. The number of hydrogen-bond acceptors (Lipinski definition) is 2. The molecule has 116 valence electrons. The molecule has 0 aliphatic rings. The summed E-state index contributed by atoms with van der Waals surface area (Å²) in [5.74, 6) is -1.72. The lowest BCUT2D eigenvalue weighted by Crippen LogP contribution is -2.15. The highest BCUT2D eigenvalue weighted by Crippen LogP contribution is 2.36. The second-order valence-corrected chi connectivity index (χ2v) is 5.34. The fourth-order valence-corrected chi connectivity index (χ4v) is 2.31. The highest BCUT2D eigenvalue weighted by atomic mass is 35.5. The van der Waals surface area contributed by atoms with Gasteiger partial charge in [0.1, 0.15) is 0 Å². The van der Waals surface area contributed by atoms with Crippen molar-refractivity contribution in [1.82, 2.24) is 4.98 Å². The van der Waals surface area contributed by atoms with Crippen LogP contribution in [0.25, 0.3) is 11.3 Å². The Bertz CT molecular complexity index is 740. The molecule has 9 heteroatoms. The van der Waals surface area contributed by atoms with E-state index in [0.717, 1.165) is 12.1 Å². The van der Waals surface area contributed by atoms with Crippen molar-refractivity contribution in [3.05, 3.63) is 50.6 Å². The molecule has 0 fully saturated rings. The first-order valence-electron chi connectivity index (χ1n) is 5.57. The van der Waals surface area contributed by atoms with Gasteiger partial charge < -0.3 is 5.11 Å². The molecule has 0 radical (unpaired) electrons. The maximum absolute atomic E-state index is 12.9. The number of pyridine rings is 1. The SMILES string of the molecule is O=C(O)c1ccc(-c2cc(Cl)c(Cl)c(Cl)c2)nc1C(F)(F)F. The zero-order valence-electron chi connectivity index (χ0n) is 10.4. The average molecular weight is 371 g/mol. The Morgan fingerprint density at radius 3 is 2.09 bits per heavy atom. The van der Waals surface area contributed by atoms with Gasteiger partial charge in [0.2, 0.25) is 0 Å². The predicted molar refractivity (Wildman–Crippen MR) is 76.7 cm³/mol. The van der Waals surface area contributed by atoms with Crippen molar-refractivity contribution in [2.75, 3.05) is 0 Å². The maximum atomic E-state index is 12.9. The van der Waals surface area contributed by atoms with Gasteiger partial charge in [0.05, 0.1) is 26.3 Å². The minimum Gasteiger partial charge on any atom is -0.478 e. The van der Waals surface area contributed by atoms with Crippen LogP contribution >= 0.6 is 34.8 Å². The van der Waals surface area contributed by atoms with Crippen LogP contribution in [0.1, 0.15) is 16.1 Å². The number of rotatable bonds is 2. The first-order chi connectivity index (χ1) is 10.1. The van der Waals surface area contributed by atoms with Gasteiger partial charge in [-0.25, -0.2) is 9.78 Å². The van der Waals surface area contributed by atoms with Crippen LogP contribution in [0.4, 0.5) is 13.2 Å². The highest BCUT2D eigenvalue weighted by Gasteiger charge is 2.37. The van der Waals surface area contributed by atoms with Crippen LogP contribution in [-0.4, -0.2) is 16.1 Å². The van der Waals surface area contributed by atoms with E-state index >= 15 is 0 Å². The van der Waals surface area contributed by atoms with Gasteiger partial charge in [-0.05, 0) is 24.3 Å². The van der Waals surface area contributed by atoms with E-state index in [1.54, 1.807) is 0 Å². The third kappa shape index (κ3) is 3.29. The standard InChI is InChI=1S/C13H5Cl3F3NO2/c14-7-3-5(4-8(15)10(7)16)9-2-1-6(12(21)22)11(20-9)13(17,18)19/h1-4H,(H,21,22). The van der Waals surface area contributed by atoms with E-state index in [1.165, 1.54) is 12.1 Å². The largest absolute Gasteiger partial charge is 0.478 e. The lowest BCUT2D eigenvalue weighted by atomic mass is 10.1. The van der Waals surface area contributed by atoms with E-state index < -0.39 is 23.4 Å². The minimum atomic E-state index is -4.91. The topological polar surface area (TPSA) is 50.2 Å². The van der Waals surface area contributed by atoms with Crippen LogP contribution in [0.5, 0.6) is 0 Å². The van der Waals surface area contributed by atoms with Crippen LogP contribution in [-0.2, 0) is 6.18 Å². The van der Waals surface area contributed by atoms with E-state index in [0.29, 0.717) is 0 Å². The van der Waals surface area contributed by atoms with Gasteiger partial charge in [0.15, 0.2) is 5.69 Å². The second kappa shape index (κ2) is 5.95. The molecular weight excluding hydrogens is 366 g/mol. The third-order valence-electron chi connectivity index (χ3n) is 2.67. The summed E-state index contributed by atoms with van der Waals surface area (Å²) in [5.41, 5.74) is -2.39. The number of hydrogen-bond donors (Lipinski definition) is 1. The highest BCUT2D eigenvalue weighted by molar-refractivity contribution is 6.48. The Morgan fingerprint density at radius 1 is 1.09 bits per heavy atom. The molecule has 1 N–H and O–H groups in total. The van der Waals surface area contributed by atoms with Gasteiger partial charge in [0, 0.05) is 5.56 Å². The quantitative estimate of drug-likeness (QED) is 0.718. The molecule has 2 aromatic rings. The Labute approximate surface area is 137 Å². The van der Waals surface area contributed by atoms with E-state index in [-0.39, 0.29) is 26.3 Å². The van der Waals surface area contributed by atoms with Gasteiger partial charge in [-0.1, -0.05) is 34.8 Å². The summed E-state index contributed by atoms with van der Waals surface area (Å²) in [7, 11) is 0. The molecule has 1 aromatic heterocycles. The van der Waals surface area contributed by atoms with E-state index in [4.69, 9.17) is 39.9 Å². The second-order valence-electron chi connectivity index (χ2n) is 4.15. The molecule has 0 saturated carbocycles. The van der Waals surface area contributed by atoms with Crippen molar-refractivity contribution in [2.45, 2.75) is 6.18 Å². The van der Waals surface area contributed by atoms with Gasteiger partial charge in [-0.3, -0.25) is 0 Å². The number of carbonyl (C=O) groups is 1. The molecule has 2 rings (SSSR count). The average Bonchev–Trinajstić information content (AvgIpc) is 2.42. The summed E-state index contributed by atoms with van der Waals surface area (Å²) in [5, 5.41) is 8.96. The van der Waals surface area contributed by atoms with Crippen molar-refractivity contribution < 1.29 is 23.1 Å². The molecule has 0 saturated heterocycles. The zero-order chi connectivity index (χ0) is 16.7. The Balaban J connectivity index is 2.66. The third-order valence-corrected chi connectivity index (χ3v) is 3.87. The number of carboxylic acids is 1. The van der Waals surface area contributed by atoms with Crippen molar-refractivity contribution in [1.29, 1.82) is 0 Å². The van der Waals surface area contributed by atoms with Crippen LogP contribution in [0.2, 0.25) is 15.1 Å². The molecule has 3 nitrogen and oxygen atoms in total. The number of halogens is 6. The molecule has 0 unspecified atom stereocenters. The Kier molecular flexibility index (Phi) is 4.56. The van der Waals surface area contributed by atoms with Gasteiger partial charge >= 0.3 is 12.1 Å². The normalized spacial score (nSPS) is 11.5. The maximum Gasteiger partial charge on any atom is 0.434 e. The molecule has 0 bridgehead atoms. The summed E-state index contributed by atoms with van der Waals surface area (Å²) in [6.07, 6.45) is -4.91. The summed E-state index contributed by atoms with van der Waals surface area (Å²) in [6.45, 7) is 0. The molecule has 0 spiro atoms. The first-order valence-corrected chi connectivity index (χ1v) is 6.71. The van der Waals surface area contributed by atoms with Gasteiger partial charge in [0.25, 0.3) is 0 Å². The van der Waals surface area contributed by atoms with Crippen molar-refractivity contribution in [3.63, 3.8) is 0 Å². The Hall–Kier alpha value is -1.50. The lowest BCUT2D eigenvalue weighted by molar-refractivity contribution is -0.141. The molecule has 0 atom stereocenters. The van der Waals surface area contributed by atoms with E-state index in [1.807, 2.05) is 0 Å². The first kappa shape index (κ1) is 16.9. The van der Waals surface area contributed by atoms with E-state index in [2.05, 4.69) is 4.98 Å². The van der Waals surface area contributed by atoms with Crippen LogP contribution < -0.4 is 0 Å². The number of carboxylic acid groups (broad SMARTS) is 1. The summed E-state index contributed by atoms with van der Waals surface area (Å²) >= 11 is 17.4. The minimum absolute atomic E-state index is 0.0434. The number of aromatic carboxylic acids is 1. The number of benzene rings is 1. The molecule has 1 heterocycles. The molecule has 1 aromatic carbocycles. The van der Waals surface area contributed by atoms with E-state index in [9.17, 15) is 18.0 Å². The van der Waals surface area contributed by atoms with Crippen molar-refractivity contribution in [3.8, 4) is 11.3 Å². The Morgan fingerprint density at radius 2 is 1.64 bits per heavy atom. The van der Waals surface area contributed by atoms with Gasteiger partial charge in [-0.2, -0.15) is 13.2 Å². The predicted octanol–water partition coefficient (Wildman–Crippen LogP) is 5.43. The summed E-state index contributed by atoms with van der Waals surface area (Å²) < 4.78 is 38.8. The fraction of sp³-hybridized carbons (Fsp3) is 0.0769. The monoisotopic (exact) mass is 369 g/mol. The molecular formula is C13H5Cl3F3NO2. The summed E-state index contributed by atoms with van der Waals surface area (Å²) in [6, 6.07) is 4.54. The number of nitrogens with zero attached hydrogens (tertiary/aromatic N) is 1. The van der Waals surface area contributed by atoms with Gasteiger partial charge in [-0.15, -0.1) is 0 Å². The zero-order valence-corrected chi connectivity index (χ0v) is 12.6. The van der Waals surface area contributed by atoms with Crippen LogP contribution in [0.15, 0.2) is 24.3 Å². The number of aromatic nitrogens is 1. The molecule has 22 heavy (non-hydrogen) atoms. The molecule has 0 aliphatic heterocycles. The molecule has 0 aliphatic carbocycles. The fourth-order valence-electron chi connectivity index (χ4n) is 1.71.